The number of hydrogen-bond acceptors (Lipinski definition) is 1. The van der Waals surface area contributed by atoms with Crippen LogP contribution in [-0.4, -0.2) is 12.5 Å². The molecule has 0 atom stereocenters. The fourth-order valence-electron chi connectivity index (χ4n) is 1.23. The fraction of sp³-hybridized carbons (Fsp3) is 0.308. The van der Waals surface area contributed by atoms with E-state index in [4.69, 9.17) is 6.42 Å². The summed E-state index contributed by atoms with van der Waals surface area (Å²) in [5.74, 6) is 2.48. The molecule has 1 amide bonds. The van der Waals surface area contributed by atoms with Crippen molar-refractivity contribution in [2.75, 3.05) is 6.54 Å². The van der Waals surface area contributed by atoms with Crippen molar-refractivity contribution in [2.45, 2.75) is 19.8 Å². The number of amides is 1. The highest BCUT2D eigenvalue weighted by Crippen LogP contribution is 2.17. The number of carbonyl (C=O) groups is 1. The molecule has 1 aromatic carbocycles. The standard InChI is InChI=1S/C13H14BrNO/c1-3-4-5-8-15-13(16)11-7-6-10(2)12(14)9-11/h1,6-7,9H,4-5,8H2,2H3,(H,15,16). The minimum absolute atomic E-state index is 0.0577. The number of carbonyl (C=O) groups excluding carboxylic acids is 1. The summed E-state index contributed by atoms with van der Waals surface area (Å²) in [5, 5.41) is 2.83. The molecule has 0 bridgehead atoms. The van der Waals surface area contributed by atoms with Crippen molar-refractivity contribution in [3.63, 3.8) is 0 Å². The van der Waals surface area contributed by atoms with E-state index in [0.29, 0.717) is 18.5 Å². The van der Waals surface area contributed by atoms with Gasteiger partial charge in [0.05, 0.1) is 0 Å². The second-order valence-electron chi connectivity index (χ2n) is 3.53. The molecule has 1 aromatic rings. The number of unbranched alkanes of at least 4 members (excludes halogenated alkanes) is 1. The van der Waals surface area contributed by atoms with Crippen LogP contribution in [0.5, 0.6) is 0 Å². The van der Waals surface area contributed by atoms with E-state index in [1.165, 1.54) is 0 Å². The molecule has 84 valence electrons. The molecule has 1 rings (SSSR count). The van der Waals surface area contributed by atoms with Crippen LogP contribution in [0.25, 0.3) is 0 Å². The smallest absolute Gasteiger partial charge is 0.251 e. The molecular formula is C13H14BrNO. The van der Waals surface area contributed by atoms with Crippen molar-refractivity contribution in [3.8, 4) is 12.3 Å². The summed E-state index contributed by atoms with van der Waals surface area (Å²) >= 11 is 3.40. The SMILES string of the molecule is C#CCCCNC(=O)c1ccc(C)c(Br)c1. The van der Waals surface area contributed by atoms with Gasteiger partial charge in [-0.2, -0.15) is 0 Å². The molecule has 0 heterocycles. The van der Waals surface area contributed by atoms with Crippen molar-refractivity contribution < 1.29 is 4.79 Å². The summed E-state index contributed by atoms with van der Waals surface area (Å²) in [7, 11) is 0. The molecule has 0 radical (unpaired) electrons. The molecular weight excluding hydrogens is 266 g/mol. The van der Waals surface area contributed by atoms with Gasteiger partial charge in [0.2, 0.25) is 0 Å². The Kier molecular flexibility index (Phi) is 5.07. The van der Waals surface area contributed by atoms with Crippen LogP contribution in [0.15, 0.2) is 22.7 Å². The van der Waals surface area contributed by atoms with E-state index in [1.807, 2.05) is 25.1 Å². The van der Waals surface area contributed by atoms with Crippen molar-refractivity contribution in [1.29, 1.82) is 0 Å². The lowest BCUT2D eigenvalue weighted by molar-refractivity contribution is 0.0953. The molecule has 0 saturated heterocycles. The van der Waals surface area contributed by atoms with Gasteiger partial charge in [-0.1, -0.05) is 22.0 Å². The van der Waals surface area contributed by atoms with Crippen molar-refractivity contribution >= 4 is 21.8 Å². The maximum atomic E-state index is 11.7. The lowest BCUT2D eigenvalue weighted by Crippen LogP contribution is -2.24. The van der Waals surface area contributed by atoms with Crippen LogP contribution in [0.2, 0.25) is 0 Å². The van der Waals surface area contributed by atoms with E-state index in [2.05, 4.69) is 27.2 Å². The Bertz CT molecular complexity index is 420. The first kappa shape index (κ1) is 12.8. The summed E-state index contributed by atoms with van der Waals surface area (Å²) in [6.45, 7) is 2.60. The summed E-state index contributed by atoms with van der Waals surface area (Å²) in [5.41, 5.74) is 1.78. The van der Waals surface area contributed by atoms with Crippen LogP contribution >= 0.6 is 15.9 Å². The Morgan fingerprint density at radius 1 is 1.56 bits per heavy atom. The minimum Gasteiger partial charge on any atom is -0.352 e. The summed E-state index contributed by atoms with van der Waals surface area (Å²) in [6.07, 6.45) is 6.63. The first-order valence-corrected chi connectivity index (χ1v) is 5.92. The number of benzene rings is 1. The first-order chi connectivity index (χ1) is 7.65. The highest BCUT2D eigenvalue weighted by Gasteiger charge is 2.05. The van der Waals surface area contributed by atoms with Gasteiger partial charge in [-0.3, -0.25) is 4.79 Å². The number of hydrogen-bond donors (Lipinski definition) is 1. The van der Waals surface area contributed by atoms with E-state index >= 15 is 0 Å². The van der Waals surface area contributed by atoms with Gasteiger partial charge in [0.1, 0.15) is 0 Å². The van der Waals surface area contributed by atoms with Crippen molar-refractivity contribution in [2.24, 2.45) is 0 Å². The number of aryl methyl sites for hydroxylation is 1. The first-order valence-electron chi connectivity index (χ1n) is 5.13. The van der Waals surface area contributed by atoms with Crippen LogP contribution in [0, 0.1) is 19.3 Å². The molecule has 0 spiro atoms. The highest BCUT2D eigenvalue weighted by atomic mass is 79.9. The predicted molar refractivity (Wildman–Crippen MR) is 69.3 cm³/mol. The van der Waals surface area contributed by atoms with Crippen molar-refractivity contribution in [1.82, 2.24) is 5.32 Å². The molecule has 0 aliphatic rings. The van der Waals surface area contributed by atoms with Gasteiger partial charge >= 0.3 is 0 Å². The van der Waals surface area contributed by atoms with Crippen LogP contribution < -0.4 is 5.32 Å². The second kappa shape index (κ2) is 6.34. The third-order valence-electron chi connectivity index (χ3n) is 2.22. The Labute approximate surface area is 105 Å². The Morgan fingerprint density at radius 2 is 2.31 bits per heavy atom. The quantitative estimate of drug-likeness (QED) is 0.667. The Hall–Kier alpha value is -1.27. The minimum atomic E-state index is -0.0577. The van der Waals surface area contributed by atoms with E-state index in [9.17, 15) is 4.79 Å². The second-order valence-corrected chi connectivity index (χ2v) is 4.38. The summed E-state index contributed by atoms with van der Waals surface area (Å²) < 4.78 is 0.948. The average Bonchev–Trinajstić information content (AvgIpc) is 2.28. The van der Waals surface area contributed by atoms with Gasteiger partial charge in [0.15, 0.2) is 0 Å². The molecule has 0 aliphatic heterocycles. The number of nitrogens with one attached hydrogen (secondary N) is 1. The average molecular weight is 280 g/mol. The van der Waals surface area contributed by atoms with E-state index in [-0.39, 0.29) is 5.91 Å². The lowest BCUT2D eigenvalue weighted by Gasteiger charge is -2.05. The molecule has 0 aliphatic carbocycles. The van der Waals surface area contributed by atoms with E-state index < -0.39 is 0 Å². The van der Waals surface area contributed by atoms with Gasteiger partial charge in [0.25, 0.3) is 5.91 Å². The zero-order chi connectivity index (χ0) is 12.0. The molecule has 0 unspecified atom stereocenters. The van der Waals surface area contributed by atoms with Crippen LogP contribution in [0.1, 0.15) is 28.8 Å². The monoisotopic (exact) mass is 279 g/mol. The zero-order valence-corrected chi connectivity index (χ0v) is 10.8. The summed E-state index contributed by atoms with van der Waals surface area (Å²) in [4.78, 5) is 11.7. The fourth-order valence-corrected chi connectivity index (χ4v) is 1.61. The number of rotatable bonds is 4. The third-order valence-corrected chi connectivity index (χ3v) is 3.07. The maximum Gasteiger partial charge on any atom is 0.251 e. The van der Waals surface area contributed by atoms with Gasteiger partial charge in [-0.25, -0.2) is 0 Å². The molecule has 0 fully saturated rings. The normalized spacial score (nSPS) is 9.56. The molecule has 3 heteroatoms. The summed E-state index contributed by atoms with van der Waals surface area (Å²) in [6, 6.07) is 5.56. The molecule has 1 N–H and O–H groups in total. The van der Waals surface area contributed by atoms with Crippen LogP contribution in [-0.2, 0) is 0 Å². The van der Waals surface area contributed by atoms with Gasteiger partial charge in [0, 0.05) is 23.0 Å². The predicted octanol–water partition coefficient (Wildman–Crippen LogP) is 2.90. The zero-order valence-electron chi connectivity index (χ0n) is 9.22. The largest absolute Gasteiger partial charge is 0.352 e. The molecule has 16 heavy (non-hydrogen) atoms. The molecule has 0 saturated carbocycles. The third kappa shape index (κ3) is 3.71. The molecule has 0 aromatic heterocycles. The van der Waals surface area contributed by atoms with E-state index in [0.717, 1.165) is 16.5 Å². The van der Waals surface area contributed by atoms with Gasteiger partial charge < -0.3 is 5.32 Å². The van der Waals surface area contributed by atoms with Crippen LogP contribution in [0.3, 0.4) is 0 Å². The lowest BCUT2D eigenvalue weighted by atomic mass is 10.1. The number of terminal acetylenes is 1. The topological polar surface area (TPSA) is 29.1 Å². The Morgan fingerprint density at radius 3 is 2.94 bits per heavy atom. The van der Waals surface area contributed by atoms with Crippen molar-refractivity contribution in [3.05, 3.63) is 33.8 Å². The van der Waals surface area contributed by atoms with Crippen LogP contribution in [0.4, 0.5) is 0 Å². The number of halogens is 1. The Balaban J connectivity index is 2.53. The van der Waals surface area contributed by atoms with Gasteiger partial charge in [-0.05, 0) is 31.0 Å². The maximum absolute atomic E-state index is 11.7. The van der Waals surface area contributed by atoms with Gasteiger partial charge in [-0.15, -0.1) is 12.3 Å². The van der Waals surface area contributed by atoms with E-state index in [1.54, 1.807) is 0 Å². The highest BCUT2D eigenvalue weighted by molar-refractivity contribution is 9.10. The molecule has 2 nitrogen and oxygen atoms in total.